The van der Waals surface area contributed by atoms with Gasteiger partial charge in [0.25, 0.3) is 5.91 Å². The van der Waals surface area contributed by atoms with E-state index in [2.05, 4.69) is 16.9 Å². The average molecular weight is 324 g/mol. The molecule has 3 aromatic carbocycles. The third-order valence-electron chi connectivity index (χ3n) is 4.30. The zero-order chi connectivity index (χ0) is 17.2. The molecule has 0 bridgehead atoms. The van der Waals surface area contributed by atoms with Gasteiger partial charge in [0.2, 0.25) is 0 Å². The van der Waals surface area contributed by atoms with Crippen molar-refractivity contribution in [1.82, 2.24) is 4.98 Å². The van der Waals surface area contributed by atoms with Gasteiger partial charge in [0, 0.05) is 17.1 Å². The predicted octanol–water partition coefficient (Wildman–Crippen LogP) is 5.28. The average Bonchev–Trinajstić information content (AvgIpc) is 2.67. The molecule has 1 heterocycles. The minimum Gasteiger partial charge on any atom is -0.320 e. The molecule has 0 saturated heterocycles. The summed E-state index contributed by atoms with van der Waals surface area (Å²) in [6, 6.07) is 21.4. The van der Waals surface area contributed by atoms with Crippen molar-refractivity contribution < 1.29 is 4.79 Å². The number of rotatable bonds is 3. The zero-order valence-electron chi connectivity index (χ0n) is 13.6. The molecule has 0 atom stereocenters. The van der Waals surface area contributed by atoms with Gasteiger partial charge in [0.1, 0.15) is 0 Å². The first-order valence-electron chi connectivity index (χ1n) is 8.07. The van der Waals surface area contributed by atoms with E-state index in [0.29, 0.717) is 11.3 Å². The van der Waals surface area contributed by atoms with E-state index in [-0.39, 0.29) is 5.91 Å². The van der Waals surface area contributed by atoms with Crippen LogP contribution in [0.25, 0.3) is 27.8 Å². The lowest BCUT2D eigenvalue weighted by Crippen LogP contribution is -2.14. The number of hydrogen-bond donors (Lipinski definition) is 1. The van der Waals surface area contributed by atoms with Crippen molar-refractivity contribution in [2.24, 2.45) is 0 Å². The number of fused-ring (bicyclic) bond motifs is 2. The number of nitrogens with one attached hydrogen (secondary N) is 1. The first-order chi connectivity index (χ1) is 12.3. The van der Waals surface area contributed by atoms with Gasteiger partial charge in [0.05, 0.1) is 11.2 Å². The Morgan fingerprint density at radius 1 is 0.920 bits per heavy atom. The molecule has 0 saturated carbocycles. The first kappa shape index (κ1) is 15.1. The van der Waals surface area contributed by atoms with E-state index in [1.54, 1.807) is 12.3 Å². The number of carbonyl (C=O) groups excluding carboxylic acids is 1. The maximum Gasteiger partial charge on any atom is 0.256 e. The fourth-order valence-electron chi connectivity index (χ4n) is 3.11. The quantitative estimate of drug-likeness (QED) is 0.557. The van der Waals surface area contributed by atoms with Crippen LogP contribution in [0.3, 0.4) is 0 Å². The van der Waals surface area contributed by atoms with Crippen LogP contribution in [0.1, 0.15) is 15.9 Å². The molecule has 0 radical (unpaired) electrons. The Hall–Kier alpha value is -3.46. The molecule has 1 amide bonds. The van der Waals surface area contributed by atoms with Crippen molar-refractivity contribution in [2.75, 3.05) is 5.32 Å². The topological polar surface area (TPSA) is 42.0 Å². The molecule has 0 unspecified atom stereocenters. The number of para-hydroxylation sites is 1. The van der Waals surface area contributed by atoms with Crippen LogP contribution < -0.4 is 5.32 Å². The number of benzene rings is 3. The number of carbonyl (C=O) groups is 1. The highest BCUT2D eigenvalue weighted by atomic mass is 16.1. The van der Waals surface area contributed by atoms with Crippen LogP contribution in [0, 0.1) is 0 Å². The minimum absolute atomic E-state index is 0.168. The van der Waals surface area contributed by atoms with E-state index in [9.17, 15) is 4.79 Å². The molecule has 120 valence electrons. The number of nitrogens with zero attached hydrogens (tertiary/aromatic N) is 1. The number of pyridine rings is 1. The maximum atomic E-state index is 12.9. The standard InChI is InChI=1S/C22H16N2O/c1-2-17-18-10-4-3-7-15(18)12-13-19(17)22(25)24-20-11-5-8-16-9-6-14-23-21(16)20/h2-14H,1H2,(H,24,25). The van der Waals surface area contributed by atoms with Gasteiger partial charge >= 0.3 is 0 Å². The van der Waals surface area contributed by atoms with Crippen LogP contribution in [0.5, 0.6) is 0 Å². The highest BCUT2D eigenvalue weighted by Gasteiger charge is 2.14. The molecule has 0 spiro atoms. The summed E-state index contributed by atoms with van der Waals surface area (Å²) in [4.78, 5) is 17.3. The summed E-state index contributed by atoms with van der Waals surface area (Å²) in [7, 11) is 0. The normalized spacial score (nSPS) is 10.7. The maximum absolute atomic E-state index is 12.9. The second kappa shape index (κ2) is 6.21. The lowest BCUT2D eigenvalue weighted by Gasteiger charge is -2.12. The summed E-state index contributed by atoms with van der Waals surface area (Å²) >= 11 is 0. The van der Waals surface area contributed by atoms with Gasteiger partial charge in [-0.1, -0.05) is 61.2 Å². The molecule has 0 aliphatic heterocycles. The fraction of sp³-hybridized carbons (Fsp3) is 0. The van der Waals surface area contributed by atoms with E-state index < -0.39 is 0 Å². The van der Waals surface area contributed by atoms with E-state index in [1.807, 2.05) is 66.7 Å². The van der Waals surface area contributed by atoms with E-state index in [1.165, 1.54) is 0 Å². The van der Waals surface area contributed by atoms with Gasteiger partial charge in [-0.3, -0.25) is 9.78 Å². The lowest BCUT2D eigenvalue weighted by molar-refractivity contribution is 0.102. The van der Waals surface area contributed by atoms with Crippen molar-refractivity contribution in [3.8, 4) is 0 Å². The molecule has 4 aromatic rings. The SMILES string of the molecule is C=Cc1c(C(=O)Nc2cccc3cccnc23)ccc2ccccc12. The Morgan fingerprint density at radius 2 is 1.72 bits per heavy atom. The number of amides is 1. The summed E-state index contributed by atoms with van der Waals surface area (Å²) in [6.07, 6.45) is 3.46. The molecule has 1 N–H and O–H groups in total. The molecule has 4 rings (SSSR count). The second-order valence-corrected chi connectivity index (χ2v) is 5.79. The smallest absolute Gasteiger partial charge is 0.256 e. The molecule has 0 aliphatic carbocycles. The van der Waals surface area contributed by atoms with Crippen LogP contribution in [0.4, 0.5) is 5.69 Å². The van der Waals surface area contributed by atoms with Gasteiger partial charge in [-0.05, 0) is 34.5 Å². The Kier molecular flexibility index (Phi) is 3.75. The molecule has 0 aliphatic rings. The largest absolute Gasteiger partial charge is 0.320 e. The predicted molar refractivity (Wildman–Crippen MR) is 104 cm³/mol. The van der Waals surface area contributed by atoms with Crippen LogP contribution in [-0.2, 0) is 0 Å². The van der Waals surface area contributed by atoms with Gasteiger partial charge < -0.3 is 5.32 Å². The summed E-state index contributed by atoms with van der Waals surface area (Å²) in [6.45, 7) is 3.89. The van der Waals surface area contributed by atoms with Gasteiger partial charge in [0.15, 0.2) is 0 Å². The van der Waals surface area contributed by atoms with Crippen molar-refractivity contribution >= 4 is 39.3 Å². The molecule has 3 heteroatoms. The highest BCUT2D eigenvalue weighted by molar-refractivity contribution is 6.12. The van der Waals surface area contributed by atoms with Gasteiger partial charge in [-0.2, -0.15) is 0 Å². The van der Waals surface area contributed by atoms with E-state index in [4.69, 9.17) is 0 Å². The number of anilines is 1. The van der Waals surface area contributed by atoms with Crippen molar-refractivity contribution in [1.29, 1.82) is 0 Å². The third-order valence-corrected chi connectivity index (χ3v) is 4.30. The lowest BCUT2D eigenvalue weighted by atomic mass is 9.98. The van der Waals surface area contributed by atoms with Crippen LogP contribution in [0.2, 0.25) is 0 Å². The summed E-state index contributed by atoms with van der Waals surface area (Å²) in [5.74, 6) is -0.168. The summed E-state index contributed by atoms with van der Waals surface area (Å²) in [5.41, 5.74) is 2.91. The third kappa shape index (κ3) is 2.66. The van der Waals surface area contributed by atoms with Crippen molar-refractivity contribution in [2.45, 2.75) is 0 Å². The van der Waals surface area contributed by atoms with Crippen LogP contribution >= 0.6 is 0 Å². The minimum atomic E-state index is -0.168. The van der Waals surface area contributed by atoms with Crippen LogP contribution in [-0.4, -0.2) is 10.9 Å². The number of aromatic nitrogens is 1. The highest BCUT2D eigenvalue weighted by Crippen LogP contribution is 2.26. The Morgan fingerprint density at radius 3 is 2.60 bits per heavy atom. The zero-order valence-corrected chi connectivity index (χ0v) is 13.6. The summed E-state index contributed by atoms with van der Waals surface area (Å²) in [5, 5.41) is 6.08. The molecule has 1 aromatic heterocycles. The first-order valence-corrected chi connectivity index (χ1v) is 8.07. The molecule has 3 nitrogen and oxygen atoms in total. The Labute approximate surface area is 145 Å². The van der Waals surface area contributed by atoms with E-state index in [0.717, 1.165) is 27.2 Å². The van der Waals surface area contributed by atoms with Crippen molar-refractivity contribution in [3.63, 3.8) is 0 Å². The Balaban J connectivity index is 1.79. The molecular weight excluding hydrogens is 308 g/mol. The van der Waals surface area contributed by atoms with E-state index >= 15 is 0 Å². The molecule has 0 fully saturated rings. The second-order valence-electron chi connectivity index (χ2n) is 5.79. The van der Waals surface area contributed by atoms with Gasteiger partial charge in [-0.25, -0.2) is 0 Å². The molecule has 25 heavy (non-hydrogen) atoms. The van der Waals surface area contributed by atoms with Crippen LogP contribution in [0.15, 0.2) is 79.5 Å². The number of hydrogen-bond acceptors (Lipinski definition) is 2. The van der Waals surface area contributed by atoms with Gasteiger partial charge in [-0.15, -0.1) is 0 Å². The monoisotopic (exact) mass is 324 g/mol. The van der Waals surface area contributed by atoms with Crippen molar-refractivity contribution in [3.05, 3.63) is 90.6 Å². The fourth-order valence-corrected chi connectivity index (χ4v) is 3.11. The summed E-state index contributed by atoms with van der Waals surface area (Å²) < 4.78 is 0. The Bertz CT molecular complexity index is 1110. The molecular formula is C22H16N2O.